The Morgan fingerprint density at radius 3 is 1.76 bits per heavy atom. The lowest BCUT2D eigenvalue weighted by Gasteiger charge is -2.34. The first-order valence-corrected chi connectivity index (χ1v) is 16.8. The van der Waals surface area contributed by atoms with Gasteiger partial charge in [0, 0.05) is 27.7 Å². The number of benzene rings is 8. The van der Waals surface area contributed by atoms with E-state index < -0.39 is 5.41 Å². The molecule has 1 heterocycles. The minimum absolute atomic E-state index is 0.408. The fourth-order valence-corrected chi connectivity index (χ4v) is 8.25. The third kappa shape index (κ3) is 4.14. The van der Waals surface area contributed by atoms with E-state index in [1.165, 1.54) is 44.2 Å². The number of fused-ring (bicyclic) bond motifs is 7. The Bertz CT molecular complexity index is 2640. The smallest absolute Gasteiger partial charge is 0.143 e. The summed E-state index contributed by atoms with van der Waals surface area (Å²) >= 11 is 0. The van der Waals surface area contributed by atoms with E-state index >= 15 is 0 Å². The van der Waals surface area contributed by atoms with Crippen LogP contribution in [0.4, 0.5) is 11.4 Å². The molecule has 0 bridgehead atoms. The number of hydrogen-bond donors (Lipinski definition) is 1. The first kappa shape index (κ1) is 27.7. The first-order valence-electron chi connectivity index (χ1n) is 16.8. The quantitative estimate of drug-likeness (QED) is 0.206. The Morgan fingerprint density at radius 2 is 0.980 bits per heavy atom. The molecular weight excluding hydrogens is 595 g/mol. The number of nitrogens with one attached hydrogen (secondary N) is 1. The minimum Gasteiger partial charge on any atom is -0.455 e. The lowest BCUT2D eigenvalue weighted by Crippen LogP contribution is -2.28. The molecule has 0 saturated heterocycles. The van der Waals surface area contributed by atoms with Gasteiger partial charge < -0.3 is 9.73 Å². The Balaban J connectivity index is 1.10. The van der Waals surface area contributed by atoms with Gasteiger partial charge in [0.2, 0.25) is 0 Å². The van der Waals surface area contributed by atoms with Gasteiger partial charge in [-0.15, -0.1) is 0 Å². The summed E-state index contributed by atoms with van der Waals surface area (Å²) in [7, 11) is 0. The van der Waals surface area contributed by atoms with E-state index in [0.29, 0.717) is 0 Å². The highest BCUT2D eigenvalue weighted by Gasteiger charge is 2.45. The largest absolute Gasteiger partial charge is 0.455 e. The summed E-state index contributed by atoms with van der Waals surface area (Å²) in [6, 6.07) is 65.6. The van der Waals surface area contributed by atoms with E-state index in [-0.39, 0.29) is 0 Å². The van der Waals surface area contributed by atoms with Crippen LogP contribution in [0.5, 0.6) is 0 Å². The summed E-state index contributed by atoms with van der Waals surface area (Å²) in [4.78, 5) is 0. The molecule has 0 radical (unpaired) electrons. The lowest BCUT2D eigenvalue weighted by atomic mass is 9.68. The van der Waals surface area contributed by atoms with Crippen LogP contribution in [0, 0.1) is 0 Å². The third-order valence-corrected chi connectivity index (χ3v) is 10.3. The zero-order chi connectivity index (χ0) is 32.4. The van der Waals surface area contributed by atoms with Gasteiger partial charge in [0.1, 0.15) is 11.2 Å². The predicted octanol–water partition coefficient (Wildman–Crippen LogP) is 12.5. The topological polar surface area (TPSA) is 25.2 Å². The molecule has 1 N–H and O–H groups in total. The monoisotopic (exact) mass is 625 g/mol. The molecule has 8 aromatic carbocycles. The summed E-state index contributed by atoms with van der Waals surface area (Å²) in [6.45, 7) is 0. The van der Waals surface area contributed by atoms with Gasteiger partial charge in [-0.25, -0.2) is 0 Å². The van der Waals surface area contributed by atoms with Gasteiger partial charge in [0.05, 0.1) is 5.41 Å². The summed E-state index contributed by atoms with van der Waals surface area (Å²) in [5, 5.41) is 8.40. The molecule has 0 fully saturated rings. The van der Waals surface area contributed by atoms with Crippen LogP contribution in [0.25, 0.3) is 55.0 Å². The van der Waals surface area contributed by atoms with E-state index in [1.807, 2.05) is 12.1 Å². The molecule has 49 heavy (non-hydrogen) atoms. The van der Waals surface area contributed by atoms with Crippen molar-refractivity contribution in [1.82, 2.24) is 0 Å². The molecule has 0 aliphatic heterocycles. The average molecular weight is 626 g/mol. The van der Waals surface area contributed by atoms with Gasteiger partial charge in [0.15, 0.2) is 0 Å². The fourth-order valence-electron chi connectivity index (χ4n) is 8.25. The molecule has 0 unspecified atom stereocenters. The lowest BCUT2D eigenvalue weighted by molar-refractivity contribution is 0.670. The molecule has 10 rings (SSSR count). The van der Waals surface area contributed by atoms with Crippen LogP contribution in [0.15, 0.2) is 186 Å². The highest BCUT2D eigenvalue weighted by atomic mass is 16.3. The minimum atomic E-state index is -0.408. The van der Waals surface area contributed by atoms with Crippen molar-refractivity contribution in [2.45, 2.75) is 5.41 Å². The van der Waals surface area contributed by atoms with Crippen LogP contribution in [0.3, 0.4) is 0 Å². The van der Waals surface area contributed by atoms with Gasteiger partial charge in [0.25, 0.3) is 0 Å². The average Bonchev–Trinajstić information content (AvgIpc) is 3.70. The molecule has 0 amide bonds. The zero-order valence-electron chi connectivity index (χ0n) is 26.7. The van der Waals surface area contributed by atoms with Gasteiger partial charge in [-0.05, 0) is 80.0 Å². The molecule has 1 aliphatic carbocycles. The maximum Gasteiger partial charge on any atom is 0.143 e. The van der Waals surface area contributed by atoms with E-state index in [1.54, 1.807) is 0 Å². The molecular formula is C47H31NO. The Hall–Kier alpha value is -6.38. The molecule has 230 valence electrons. The second-order valence-corrected chi connectivity index (χ2v) is 12.9. The SMILES string of the molecule is c1ccc(C2(c3ccc(Nc4cc(-c5cccc6c5oc5ccccc56)c5ccccc5c4)cc3)c3ccccc3-c3ccccc32)cc1. The van der Waals surface area contributed by atoms with E-state index in [2.05, 4.69) is 175 Å². The van der Waals surface area contributed by atoms with Crippen LogP contribution < -0.4 is 5.32 Å². The van der Waals surface area contributed by atoms with Crippen LogP contribution in [0.2, 0.25) is 0 Å². The van der Waals surface area contributed by atoms with E-state index in [4.69, 9.17) is 4.42 Å². The third-order valence-electron chi connectivity index (χ3n) is 10.3. The first-order chi connectivity index (χ1) is 24.3. The maximum absolute atomic E-state index is 6.48. The van der Waals surface area contributed by atoms with Gasteiger partial charge in [-0.3, -0.25) is 0 Å². The van der Waals surface area contributed by atoms with Crippen molar-refractivity contribution in [3.8, 4) is 22.3 Å². The normalized spacial score (nSPS) is 13.1. The fraction of sp³-hybridized carbons (Fsp3) is 0.0213. The molecule has 0 saturated carbocycles. The summed E-state index contributed by atoms with van der Waals surface area (Å²) in [5.41, 5.74) is 13.5. The molecule has 2 nitrogen and oxygen atoms in total. The standard InChI is InChI=1S/C47H31NO/c1-2-14-32(15-3-1)47(43-22-9-6-17-37(43)38-18-7-10-23-44(38)47)33-25-27-34(28-26-33)48-35-29-31-13-4-5-16-36(31)42(30-35)41-21-12-20-40-39-19-8-11-24-45(39)49-46(40)41/h1-30,48H. The maximum atomic E-state index is 6.48. The predicted molar refractivity (Wildman–Crippen MR) is 204 cm³/mol. The van der Waals surface area contributed by atoms with Crippen molar-refractivity contribution in [1.29, 1.82) is 0 Å². The second-order valence-electron chi connectivity index (χ2n) is 12.9. The van der Waals surface area contributed by atoms with Crippen LogP contribution >= 0.6 is 0 Å². The van der Waals surface area contributed by atoms with Crippen molar-refractivity contribution in [3.05, 3.63) is 204 Å². The molecule has 9 aromatic rings. The van der Waals surface area contributed by atoms with Crippen molar-refractivity contribution >= 4 is 44.1 Å². The van der Waals surface area contributed by atoms with Crippen molar-refractivity contribution < 1.29 is 4.42 Å². The highest BCUT2D eigenvalue weighted by molar-refractivity contribution is 6.12. The molecule has 2 heteroatoms. The second kappa shape index (κ2) is 10.8. The van der Waals surface area contributed by atoms with Crippen LogP contribution in [-0.2, 0) is 5.41 Å². The summed E-state index contributed by atoms with van der Waals surface area (Å²) < 4.78 is 6.48. The molecule has 0 spiro atoms. The van der Waals surface area contributed by atoms with Crippen molar-refractivity contribution in [2.24, 2.45) is 0 Å². The van der Waals surface area contributed by atoms with E-state index in [9.17, 15) is 0 Å². The highest BCUT2D eigenvalue weighted by Crippen LogP contribution is 2.56. The Kier molecular flexibility index (Phi) is 6.13. The zero-order valence-corrected chi connectivity index (χ0v) is 26.7. The molecule has 0 atom stereocenters. The van der Waals surface area contributed by atoms with Gasteiger partial charge >= 0.3 is 0 Å². The summed E-state index contributed by atoms with van der Waals surface area (Å²) in [5.74, 6) is 0. The molecule has 1 aliphatic rings. The van der Waals surface area contributed by atoms with Crippen LogP contribution in [0.1, 0.15) is 22.3 Å². The molecule has 1 aromatic heterocycles. The van der Waals surface area contributed by atoms with Crippen LogP contribution in [-0.4, -0.2) is 0 Å². The van der Waals surface area contributed by atoms with Crippen molar-refractivity contribution in [3.63, 3.8) is 0 Å². The Labute approximate surface area is 284 Å². The number of anilines is 2. The Morgan fingerprint density at radius 1 is 0.388 bits per heavy atom. The summed E-state index contributed by atoms with van der Waals surface area (Å²) in [6.07, 6.45) is 0. The van der Waals surface area contributed by atoms with Gasteiger partial charge in [-0.2, -0.15) is 0 Å². The van der Waals surface area contributed by atoms with E-state index in [0.717, 1.165) is 44.4 Å². The number of para-hydroxylation sites is 2. The number of furan rings is 1. The number of hydrogen-bond acceptors (Lipinski definition) is 2. The van der Waals surface area contributed by atoms with Gasteiger partial charge in [-0.1, -0.05) is 152 Å². The number of rotatable bonds is 5. The van der Waals surface area contributed by atoms with Crippen molar-refractivity contribution in [2.75, 3.05) is 5.32 Å².